The third kappa shape index (κ3) is 4.79. The van der Waals surface area contributed by atoms with E-state index in [-0.39, 0.29) is 0 Å². The van der Waals surface area contributed by atoms with Gasteiger partial charge in [0.05, 0.1) is 0 Å². The number of hydrogen-bond acceptors (Lipinski definition) is 2. The van der Waals surface area contributed by atoms with Crippen molar-refractivity contribution in [3.63, 3.8) is 0 Å². The zero-order valence-corrected chi connectivity index (χ0v) is 11.6. The lowest BCUT2D eigenvalue weighted by atomic mass is 9.96. The van der Waals surface area contributed by atoms with Crippen LogP contribution in [0.15, 0.2) is 30.3 Å². The molecule has 100 valence electrons. The van der Waals surface area contributed by atoms with Gasteiger partial charge in [0.15, 0.2) is 0 Å². The summed E-state index contributed by atoms with van der Waals surface area (Å²) in [5.41, 5.74) is 1.45. The monoisotopic (exact) mass is 246 g/mol. The highest BCUT2D eigenvalue weighted by Crippen LogP contribution is 2.14. The van der Waals surface area contributed by atoms with Crippen LogP contribution in [0, 0.1) is 5.92 Å². The molecule has 1 aromatic rings. The molecular formula is C16H26N2. The van der Waals surface area contributed by atoms with Crippen molar-refractivity contribution in [2.45, 2.75) is 25.7 Å². The van der Waals surface area contributed by atoms with Gasteiger partial charge < -0.3 is 10.2 Å². The number of benzene rings is 1. The molecule has 2 nitrogen and oxygen atoms in total. The molecule has 18 heavy (non-hydrogen) atoms. The summed E-state index contributed by atoms with van der Waals surface area (Å²) in [6.45, 7) is 4.86. The first-order chi connectivity index (χ1) is 8.84. The number of likely N-dealkylation sites (N-methyl/N-ethyl adjacent to an activating group) is 1. The Labute approximate surface area is 111 Å². The highest BCUT2D eigenvalue weighted by molar-refractivity contribution is 5.14. The van der Waals surface area contributed by atoms with Crippen molar-refractivity contribution in [1.29, 1.82) is 0 Å². The maximum Gasteiger partial charge on any atom is 0.00188 e. The lowest BCUT2D eigenvalue weighted by Gasteiger charge is -2.25. The van der Waals surface area contributed by atoms with Gasteiger partial charge in [-0.05, 0) is 63.8 Å². The average Bonchev–Trinajstić information content (AvgIpc) is 2.45. The first kappa shape index (κ1) is 13.6. The van der Waals surface area contributed by atoms with Gasteiger partial charge in [0.2, 0.25) is 0 Å². The van der Waals surface area contributed by atoms with Crippen LogP contribution in [-0.4, -0.2) is 38.1 Å². The molecule has 0 radical (unpaired) electrons. The van der Waals surface area contributed by atoms with Crippen LogP contribution in [0.2, 0.25) is 0 Å². The van der Waals surface area contributed by atoms with E-state index in [1.807, 2.05) is 0 Å². The van der Waals surface area contributed by atoms with E-state index in [2.05, 4.69) is 47.6 Å². The molecule has 1 heterocycles. The van der Waals surface area contributed by atoms with Crippen molar-refractivity contribution in [3.05, 3.63) is 35.9 Å². The van der Waals surface area contributed by atoms with Gasteiger partial charge in [-0.2, -0.15) is 0 Å². The van der Waals surface area contributed by atoms with Crippen LogP contribution in [0.5, 0.6) is 0 Å². The maximum atomic E-state index is 3.50. The fourth-order valence-corrected chi connectivity index (χ4v) is 2.65. The summed E-state index contributed by atoms with van der Waals surface area (Å²) >= 11 is 0. The summed E-state index contributed by atoms with van der Waals surface area (Å²) in [6, 6.07) is 10.8. The minimum Gasteiger partial charge on any atom is -0.316 e. The van der Waals surface area contributed by atoms with E-state index in [1.165, 1.54) is 57.4 Å². The molecule has 0 amide bonds. The van der Waals surface area contributed by atoms with E-state index in [0.717, 1.165) is 5.92 Å². The summed E-state index contributed by atoms with van der Waals surface area (Å²) in [4.78, 5) is 2.47. The molecule has 0 aliphatic carbocycles. The van der Waals surface area contributed by atoms with Gasteiger partial charge in [0, 0.05) is 6.54 Å². The van der Waals surface area contributed by atoms with E-state index < -0.39 is 0 Å². The molecule has 1 N–H and O–H groups in total. The molecule has 1 aliphatic rings. The number of rotatable bonds is 6. The fraction of sp³-hybridized carbons (Fsp3) is 0.625. The van der Waals surface area contributed by atoms with Crippen LogP contribution in [0.25, 0.3) is 0 Å². The van der Waals surface area contributed by atoms with Crippen molar-refractivity contribution in [3.8, 4) is 0 Å². The van der Waals surface area contributed by atoms with Gasteiger partial charge in [-0.1, -0.05) is 30.3 Å². The standard InChI is InChI=1S/C16H26N2/c1-18(12-9-15-6-3-2-4-7-15)13-10-16-8-5-11-17-14-16/h2-4,6-7,16-17H,5,8-14H2,1H3/t16-/m1/s1. The van der Waals surface area contributed by atoms with E-state index in [9.17, 15) is 0 Å². The van der Waals surface area contributed by atoms with Crippen molar-refractivity contribution in [2.24, 2.45) is 5.92 Å². The summed E-state index contributed by atoms with van der Waals surface area (Å²) in [5.74, 6) is 0.901. The van der Waals surface area contributed by atoms with Crippen molar-refractivity contribution in [1.82, 2.24) is 10.2 Å². The molecule has 2 heteroatoms. The van der Waals surface area contributed by atoms with Gasteiger partial charge in [0.1, 0.15) is 0 Å². The second-order valence-electron chi connectivity index (χ2n) is 5.54. The van der Waals surface area contributed by atoms with Crippen LogP contribution in [-0.2, 0) is 6.42 Å². The molecule has 0 aromatic heterocycles. The predicted octanol–water partition coefficient (Wildman–Crippen LogP) is 2.55. The number of piperidine rings is 1. The van der Waals surface area contributed by atoms with Gasteiger partial charge in [-0.25, -0.2) is 0 Å². The minimum atomic E-state index is 0.901. The van der Waals surface area contributed by atoms with Crippen LogP contribution < -0.4 is 5.32 Å². The Kier molecular flexibility index (Phi) is 5.69. The molecule has 1 atom stereocenters. The molecule has 1 aromatic carbocycles. The number of nitrogens with one attached hydrogen (secondary N) is 1. The molecule has 0 bridgehead atoms. The van der Waals surface area contributed by atoms with Gasteiger partial charge in [-0.15, -0.1) is 0 Å². The van der Waals surface area contributed by atoms with Crippen LogP contribution >= 0.6 is 0 Å². The number of nitrogens with zero attached hydrogens (tertiary/aromatic N) is 1. The maximum absolute atomic E-state index is 3.50. The topological polar surface area (TPSA) is 15.3 Å². The predicted molar refractivity (Wildman–Crippen MR) is 77.9 cm³/mol. The summed E-state index contributed by atoms with van der Waals surface area (Å²) < 4.78 is 0. The molecular weight excluding hydrogens is 220 g/mol. The third-order valence-electron chi connectivity index (χ3n) is 3.94. The molecule has 1 saturated heterocycles. The van der Waals surface area contributed by atoms with Crippen molar-refractivity contribution in [2.75, 3.05) is 33.2 Å². The molecule has 1 fully saturated rings. The van der Waals surface area contributed by atoms with Crippen LogP contribution in [0.4, 0.5) is 0 Å². The zero-order valence-electron chi connectivity index (χ0n) is 11.6. The Hall–Kier alpha value is -0.860. The smallest absolute Gasteiger partial charge is 0.00188 e. The van der Waals surface area contributed by atoms with E-state index in [4.69, 9.17) is 0 Å². The summed E-state index contributed by atoms with van der Waals surface area (Å²) in [5, 5.41) is 3.50. The zero-order chi connectivity index (χ0) is 12.6. The third-order valence-corrected chi connectivity index (χ3v) is 3.94. The van der Waals surface area contributed by atoms with Crippen LogP contribution in [0.3, 0.4) is 0 Å². The highest BCUT2D eigenvalue weighted by atomic mass is 15.1. The Morgan fingerprint density at radius 2 is 2.06 bits per heavy atom. The quantitative estimate of drug-likeness (QED) is 0.830. The SMILES string of the molecule is CN(CCc1ccccc1)CC[C@H]1CCCNC1. The lowest BCUT2D eigenvalue weighted by molar-refractivity contribution is 0.275. The fourth-order valence-electron chi connectivity index (χ4n) is 2.65. The van der Waals surface area contributed by atoms with Crippen molar-refractivity contribution >= 4 is 0 Å². The largest absolute Gasteiger partial charge is 0.316 e. The lowest BCUT2D eigenvalue weighted by Crippen LogP contribution is -2.32. The first-order valence-corrected chi connectivity index (χ1v) is 7.28. The second-order valence-corrected chi connectivity index (χ2v) is 5.54. The Morgan fingerprint density at radius 1 is 1.22 bits per heavy atom. The molecule has 1 aliphatic heterocycles. The summed E-state index contributed by atoms with van der Waals surface area (Å²) in [7, 11) is 2.25. The van der Waals surface area contributed by atoms with Gasteiger partial charge >= 0.3 is 0 Å². The normalized spacial score (nSPS) is 20.2. The van der Waals surface area contributed by atoms with Gasteiger partial charge in [0.25, 0.3) is 0 Å². The molecule has 0 unspecified atom stereocenters. The Balaban J connectivity index is 1.61. The highest BCUT2D eigenvalue weighted by Gasteiger charge is 2.13. The summed E-state index contributed by atoms with van der Waals surface area (Å²) in [6.07, 6.45) is 5.29. The molecule has 0 spiro atoms. The van der Waals surface area contributed by atoms with E-state index in [0.29, 0.717) is 0 Å². The second kappa shape index (κ2) is 7.55. The van der Waals surface area contributed by atoms with Crippen molar-refractivity contribution < 1.29 is 0 Å². The first-order valence-electron chi connectivity index (χ1n) is 7.28. The van der Waals surface area contributed by atoms with Gasteiger partial charge in [-0.3, -0.25) is 0 Å². The minimum absolute atomic E-state index is 0.901. The van der Waals surface area contributed by atoms with E-state index >= 15 is 0 Å². The Bertz CT molecular complexity index is 317. The van der Waals surface area contributed by atoms with Crippen LogP contribution in [0.1, 0.15) is 24.8 Å². The average molecular weight is 246 g/mol. The Morgan fingerprint density at radius 3 is 2.78 bits per heavy atom. The number of hydrogen-bond donors (Lipinski definition) is 1. The van der Waals surface area contributed by atoms with E-state index in [1.54, 1.807) is 0 Å². The molecule has 2 rings (SSSR count). The molecule has 0 saturated carbocycles.